The summed E-state index contributed by atoms with van der Waals surface area (Å²) in [6, 6.07) is 1.25. The molecule has 0 radical (unpaired) electrons. The Labute approximate surface area is 112 Å². The van der Waals surface area contributed by atoms with Crippen LogP contribution in [0.25, 0.3) is 0 Å². The quantitative estimate of drug-likeness (QED) is 0.845. The van der Waals surface area contributed by atoms with Gasteiger partial charge in [0.15, 0.2) is 0 Å². The molecule has 106 valence electrons. The van der Waals surface area contributed by atoms with Gasteiger partial charge in [0, 0.05) is 12.4 Å². The van der Waals surface area contributed by atoms with Crippen molar-refractivity contribution in [2.75, 3.05) is 0 Å². The standard InChI is InChI=1S/C13H21N3O3/c1-9(16-8-6-7-14-16)10(17)15-13(4,5)12(2,3)11(18)19/h6-9H,1-5H3,(H,15,17)(H,18,19). The number of carboxylic acids is 1. The second kappa shape index (κ2) is 5.03. The molecule has 1 aromatic heterocycles. The number of nitrogens with one attached hydrogen (secondary N) is 1. The van der Waals surface area contributed by atoms with Gasteiger partial charge in [-0.15, -0.1) is 0 Å². The molecule has 6 heteroatoms. The van der Waals surface area contributed by atoms with E-state index in [4.69, 9.17) is 0 Å². The van der Waals surface area contributed by atoms with Crippen LogP contribution < -0.4 is 5.32 Å². The first kappa shape index (κ1) is 15.2. The summed E-state index contributed by atoms with van der Waals surface area (Å²) in [6.45, 7) is 8.30. The van der Waals surface area contributed by atoms with Crippen molar-refractivity contribution in [3.8, 4) is 0 Å². The molecular weight excluding hydrogens is 246 g/mol. The third kappa shape index (κ3) is 2.94. The van der Waals surface area contributed by atoms with Crippen LogP contribution in [-0.4, -0.2) is 32.3 Å². The minimum absolute atomic E-state index is 0.261. The highest BCUT2D eigenvalue weighted by molar-refractivity contribution is 5.83. The van der Waals surface area contributed by atoms with Crippen molar-refractivity contribution in [1.82, 2.24) is 15.1 Å². The molecule has 0 aromatic carbocycles. The third-order valence-corrected chi connectivity index (χ3v) is 3.83. The van der Waals surface area contributed by atoms with Crippen molar-refractivity contribution in [1.29, 1.82) is 0 Å². The van der Waals surface area contributed by atoms with Gasteiger partial charge in [-0.25, -0.2) is 0 Å². The van der Waals surface area contributed by atoms with Gasteiger partial charge in [-0.1, -0.05) is 0 Å². The van der Waals surface area contributed by atoms with Gasteiger partial charge in [-0.3, -0.25) is 14.3 Å². The molecule has 0 aliphatic heterocycles. The highest BCUT2D eigenvalue weighted by Gasteiger charge is 2.44. The SMILES string of the molecule is CC(C(=O)NC(C)(C)C(C)(C)C(=O)O)n1cccn1. The molecule has 0 saturated heterocycles. The van der Waals surface area contributed by atoms with Gasteiger partial charge in [0.1, 0.15) is 6.04 Å². The number of carbonyl (C=O) groups excluding carboxylic acids is 1. The van der Waals surface area contributed by atoms with Gasteiger partial charge in [0.05, 0.1) is 11.0 Å². The van der Waals surface area contributed by atoms with Crippen molar-refractivity contribution in [2.24, 2.45) is 5.41 Å². The molecule has 1 rings (SSSR count). The Morgan fingerprint density at radius 1 is 1.32 bits per heavy atom. The Balaban J connectivity index is 2.84. The van der Waals surface area contributed by atoms with Crippen molar-refractivity contribution >= 4 is 11.9 Å². The highest BCUT2D eigenvalue weighted by Crippen LogP contribution is 2.31. The van der Waals surface area contributed by atoms with Crippen LogP contribution in [0.1, 0.15) is 40.7 Å². The Morgan fingerprint density at radius 3 is 2.32 bits per heavy atom. The number of aromatic nitrogens is 2. The molecule has 2 N–H and O–H groups in total. The van der Waals surface area contributed by atoms with E-state index in [9.17, 15) is 14.7 Å². The maximum absolute atomic E-state index is 12.2. The second-order valence-corrected chi connectivity index (χ2v) is 5.71. The lowest BCUT2D eigenvalue weighted by molar-refractivity contribution is -0.152. The van der Waals surface area contributed by atoms with Crippen LogP contribution in [0.15, 0.2) is 18.5 Å². The predicted molar refractivity (Wildman–Crippen MR) is 70.6 cm³/mol. The van der Waals surface area contributed by atoms with Crippen LogP contribution in [0.4, 0.5) is 0 Å². The fraction of sp³-hybridized carbons (Fsp3) is 0.615. The molecule has 1 amide bonds. The van der Waals surface area contributed by atoms with Crippen molar-refractivity contribution in [3.05, 3.63) is 18.5 Å². The number of hydrogen-bond donors (Lipinski definition) is 2. The normalized spacial score (nSPS) is 13.9. The van der Waals surface area contributed by atoms with E-state index >= 15 is 0 Å². The molecular formula is C13H21N3O3. The zero-order valence-electron chi connectivity index (χ0n) is 12.0. The number of rotatable bonds is 5. The molecule has 0 aliphatic carbocycles. The van der Waals surface area contributed by atoms with Crippen LogP contribution in [0.5, 0.6) is 0 Å². The number of nitrogens with zero attached hydrogens (tertiary/aromatic N) is 2. The summed E-state index contributed by atoms with van der Waals surface area (Å²) in [5.41, 5.74) is -1.95. The van der Waals surface area contributed by atoms with Crippen LogP contribution in [0.3, 0.4) is 0 Å². The topological polar surface area (TPSA) is 84.2 Å². The van der Waals surface area contributed by atoms with Crippen molar-refractivity contribution in [2.45, 2.75) is 46.2 Å². The van der Waals surface area contributed by atoms with E-state index < -0.39 is 23.0 Å². The van der Waals surface area contributed by atoms with E-state index in [-0.39, 0.29) is 5.91 Å². The fourth-order valence-electron chi connectivity index (χ4n) is 1.47. The summed E-state index contributed by atoms with van der Waals surface area (Å²) in [4.78, 5) is 23.4. The number of carbonyl (C=O) groups is 2. The van der Waals surface area contributed by atoms with E-state index in [0.29, 0.717) is 0 Å². The van der Waals surface area contributed by atoms with Crippen LogP contribution in [0, 0.1) is 5.41 Å². The van der Waals surface area contributed by atoms with E-state index in [2.05, 4.69) is 10.4 Å². The fourth-order valence-corrected chi connectivity index (χ4v) is 1.47. The average molecular weight is 267 g/mol. The van der Waals surface area contributed by atoms with Gasteiger partial charge in [0.2, 0.25) is 5.91 Å². The first-order valence-corrected chi connectivity index (χ1v) is 6.14. The number of hydrogen-bond acceptors (Lipinski definition) is 3. The molecule has 0 bridgehead atoms. The van der Waals surface area contributed by atoms with E-state index in [0.717, 1.165) is 0 Å². The molecule has 1 unspecified atom stereocenters. The van der Waals surface area contributed by atoms with Gasteiger partial charge in [-0.05, 0) is 40.7 Å². The Hall–Kier alpha value is -1.85. The molecule has 1 heterocycles. The summed E-state index contributed by atoms with van der Waals surface area (Å²) in [6.07, 6.45) is 3.29. The molecule has 0 spiro atoms. The molecule has 0 fully saturated rings. The monoisotopic (exact) mass is 267 g/mol. The predicted octanol–water partition coefficient (Wildman–Crippen LogP) is 1.45. The Kier molecular flexibility index (Phi) is 4.03. The molecule has 1 atom stereocenters. The van der Waals surface area contributed by atoms with E-state index in [1.54, 1.807) is 53.1 Å². The lowest BCUT2D eigenvalue weighted by Gasteiger charge is -2.39. The molecule has 19 heavy (non-hydrogen) atoms. The van der Waals surface area contributed by atoms with Gasteiger partial charge < -0.3 is 10.4 Å². The summed E-state index contributed by atoms with van der Waals surface area (Å²) in [5.74, 6) is -1.22. The van der Waals surface area contributed by atoms with Crippen molar-refractivity contribution < 1.29 is 14.7 Å². The summed E-state index contributed by atoms with van der Waals surface area (Å²) < 4.78 is 1.53. The van der Waals surface area contributed by atoms with Crippen molar-refractivity contribution in [3.63, 3.8) is 0 Å². The Bertz CT molecular complexity index is 463. The Morgan fingerprint density at radius 2 is 1.89 bits per heavy atom. The maximum Gasteiger partial charge on any atom is 0.311 e. The summed E-state index contributed by atoms with van der Waals surface area (Å²) in [5, 5.41) is 16.0. The van der Waals surface area contributed by atoms with Crippen LogP contribution in [0.2, 0.25) is 0 Å². The van der Waals surface area contributed by atoms with Crippen LogP contribution >= 0.6 is 0 Å². The largest absolute Gasteiger partial charge is 0.481 e. The second-order valence-electron chi connectivity index (χ2n) is 5.71. The minimum Gasteiger partial charge on any atom is -0.481 e. The number of aliphatic carboxylic acids is 1. The zero-order chi connectivity index (χ0) is 14.8. The summed E-state index contributed by atoms with van der Waals surface area (Å²) in [7, 11) is 0. The van der Waals surface area contributed by atoms with Crippen LogP contribution in [-0.2, 0) is 9.59 Å². The first-order chi connectivity index (χ1) is 8.59. The van der Waals surface area contributed by atoms with Gasteiger partial charge in [-0.2, -0.15) is 5.10 Å². The number of amides is 1. The molecule has 0 aliphatic rings. The van der Waals surface area contributed by atoms with Gasteiger partial charge in [0.25, 0.3) is 0 Å². The molecule has 6 nitrogen and oxygen atoms in total. The van der Waals surface area contributed by atoms with E-state index in [1.165, 1.54) is 4.68 Å². The number of carboxylic acid groups (broad SMARTS) is 1. The molecule has 1 aromatic rings. The molecule has 0 saturated carbocycles. The lowest BCUT2D eigenvalue weighted by atomic mass is 9.74. The van der Waals surface area contributed by atoms with E-state index in [1.807, 2.05) is 0 Å². The van der Waals surface area contributed by atoms with Gasteiger partial charge >= 0.3 is 5.97 Å². The summed E-state index contributed by atoms with van der Waals surface area (Å²) >= 11 is 0. The maximum atomic E-state index is 12.2. The zero-order valence-corrected chi connectivity index (χ0v) is 12.0. The smallest absolute Gasteiger partial charge is 0.311 e. The minimum atomic E-state index is -1.08. The highest BCUT2D eigenvalue weighted by atomic mass is 16.4. The third-order valence-electron chi connectivity index (χ3n) is 3.83. The lowest BCUT2D eigenvalue weighted by Crippen LogP contribution is -2.58. The average Bonchev–Trinajstić information content (AvgIpc) is 2.80. The first-order valence-electron chi connectivity index (χ1n) is 6.14.